The van der Waals surface area contributed by atoms with E-state index in [0.717, 1.165) is 29.0 Å². The Balaban J connectivity index is 2.04. The summed E-state index contributed by atoms with van der Waals surface area (Å²) in [5.41, 5.74) is 3.65. The summed E-state index contributed by atoms with van der Waals surface area (Å²) >= 11 is 1.45. The maximum absolute atomic E-state index is 5.21. The number of ether oxygens (including phenoxy) is 1. The normalized spacial score (nSPS) is 18.2. The first kappa shape index (κ1) is 9.18. The van der Waals surface area contributed by atoms with Crippen LogP contribution in [0.25, 0.3) is 10.3 Å². The quantitative estimate of drug-likeness (QED) is 0.787. The predicted octanol–water partition coefficient (Wildman–Crippen LogP) is 1.56. The van der Waals surface area contributed by atoms with E-state index in [1.165, 1.54) is 11.3 Å². The van der Waals surface area contributed by atoms with Gasteiger partial charge in [-0.05, 0) is 12.8 Å². The van der Waals surface area contributed by atoms with E-state index in [1.807, 2.05) is 6.20 Å². The molecular formula is C10H10N3OS. The lowest BCUT2D eigenvalue weighted by Gasteiger charge is -2.11. The summed E-state index contributed by atoms with van der Waals surface area (Å²) < 4.78 is 6.20. The van der Waals surface area contributed by atoms with Crippen LogP contribution in [-0.2, 0) is 10.2 Å². The molecule has 0 saturated heterocycles. The lowest BCUT2D eigenvalue weighted by molar-refractivity contribution is 0.168. The Morgan fingerprint density at radius 3 is 3.20 bits per heavy atom. The largest absolute Gasteiger partial charge is 0.384 e. The third kappa shape index (κ3) is 1.42. The standard InChI is InChI=1S/C10H10N3OS/c1-14-5-10(2-3-10)9-11-4-7-8(13-9)12-6-15-7/h4H,2-3,5H2,1H3. The fraction of sp³-hybridized carbons (Fsp3) is 0.500. The van der Waals surface area contributed by atoms with Crippen molar-refractivity contribution in [2.24, 2.45) is 0 Å². The number of hydrogen-bond acceptors (Lipinski definition) is 5. The topological polar surface area (TPSA) is 47.9 Å². The fourth-order valence-corrected chi connectivity index (χ4v) is 2.26. The fourth-order valence-electron chi connectivity index (χ4n) is 1.74. The van der Waals surface area contributed by atoms with E-state index in [2.05, 4.69) is 20.5 Å². The predicted molar refractivity (Wildman–Crippen MR) is 56.8 cm³/mol. The highest BCUT2D eigenvalue weighted by Crippen LogP contribution is 2.46. The number of thiazole rings is 1. The summed E-state index contributed by atoms with van der Waals surface area (Å²) in [6, 6.07) is 0. The lowest BCUT2D eigenvalue weighted by Crippen LogP contribution is -2.17. The number of hydrogen-bond donors (Lipinski definition) is 0. The first-order valence-electron chi connectivity index (χ1n) is 4.83. The molecule has 1 saturated carbocycles. The van der Waals surface area contributed by atoms with E-state index in [9.17, 15) is 0 Å². The van der Waals surface area contributed by atoms with Crippen molar-refractivity contribution in [1.82, 2.24) is 15.0 Å². The zero-order valence-corrected chi connectivity index (χ0v) is 9.17. The molecule has 2 aromatic rings. The van der Waals surface area contributed by atoms with Crippen molar-refractivity contribution in [2.45, 2.75) is 18.3 Å². The van der Waals surface area contributed by atoms with Gasteiger partial charge in [-0.25, -0.2) is 15.0 Å². The van der Waals surface area contributed by atoms with E-state index in [1.54, 1.807) is 7.11 Å². The second-order valence-corrected chi connectivity index (χ2v) is 4.73. The molecule has 0 bridgehead atoms. The molecule has 0 N–H and O–H groups in total. The lowest BCUT2D eigenvalue weighted by atomic mass is 10.1. The van der Waals surface area contributed by atoms with Gasteiger partial charge in [0.25, 0.3) is 0 Å². The zero-order chi connectivity index (χ0) is 10.3. The Hall–Kier alpha value is -1.07. The van der Waals surface area contributed by atoms with Gasteiger partial charge in [0.1, 0.15) is 5.82 Å². The highest BCUT2D eigenvalue weighted by Gasteiger charge is 2.47. The SMILES string of the molecule is COCC1(c2ncc3s[c]nc3n2)CC1. The van der Waals surface area contributed by atoms with E-state index in [0.29, 0.717) is 6.61 Å². The molecule has 2 heterocycles. The molecule has 1 aliphatic carbocycles. The molecule has 0 unspecified atom stereocenters. The molecule has 1 aliphatic rings. The van der Waals surface area contributed by atoms with Crippen LogP contribution in [0.5, 0.6) is 0 Å². The van der Waals surface area contributed by atoms with Crippen LogP contribution in [0.4, 0.5) is 0 Å². The smallest absolute Gasteiger partial charge is 0.174 e. The van der Waals surface area contributed by atoms with Gasteiger partial charge in [-0.1, -0.05) is 0 Å². The number of nitrogens with zero attached hydrogens (tertiary/aromatic N) is 3. The van der Waals surface area contributed by atoms with Crippen LogP contribution >= 0.6 is 11.3 Å². The van der Waals surface area contributed by atoms with Crippen LogP contribution in [0.15, 0.2) is 6.20 Å². The molecule has 2 aromatic heterocycles. The maximum Gasteiger partial charge on any atom is 0.174 e. The molecule has 0 atom stereocenters. The number of methoxy groups -OCH3 is 1. The van der Waals surface area contributed by atoms with Crippen molar-refractivity contribution in [1.29, 1.82) is 0 Å². The average Bonchev–Trinajstić information content (AvgIpc) is 2.89. The zero-order valence-electron chi connectivity index (χ0n) is 8.36. The minimum absolute atomic E-state index is 0.0621. The Morgan fingerprint density at radius 1 is 1.60 bits per heavy atom. The second kappa shape index (κ2) is 3.21. The van der Waals surface area contributed by atoms with E-state index in [-0.39, 0.29) is 5.41 Å². The van der Waals surface area contributed by atoms with Crippen LogP contribution in [0, 0.1) is 5.51 Å². The van der Waals surface area contributed by atoms with Crippen molar-refractivity contribution in [3.63, 3.8) is 0 Å². The van der Waals surface area contributed by atoms with Gasteiger partial charge in [0.2, 0.25) is 0 Å². The molecule has 0 amide bonds. The molecule has 0 aromatic carbocycles. The highest BCUT2D eigenvalue weighted by molar-refractivity contribution is 7.16. The van der Waals surface area contributed by atoms with Crippen LogP contribution in [0.2, 0.25) is 0 Å². The van der Waals surface area contributed by atoms with Gasteiger partial charge in [0, 0.05) is 7.11 Å². The molecule has 5 heteroatoms. The number of rotatable bonds is 3. The maximum atomic E-state index is 5.21. The molecule has 77 valence electrons. The van der Waals surface area contributed by atoms with Crippen LogP contribution in [0.3, 0.4) is 0 Å². The molecule has 0 aliphatic heterocycles. The van der Waals surface area contributed by atoms with Gasteiger partial charge in [-0.15, -0.1) is 11.3 Å². The summed E-state index contributed by atoms with van der Waals surface area (Å²) in [5.74, 6) is 0.871. The van der Waals surface area contributed by atoms with Gasteiger partial charge >= 0.3 is 0 Å². The highest BCUT2D eigenvalue weighted by atomic mass is 32.1. The van der Waals surface area contributed by atoms with Crippen molar-refractivity contribution >= 4 is 21.7 Å². The first-order valence-corrected chi connectivity index (χ1v) is 5.65. The Bertz CT molecular complexity index is 492. The van der Waals surface area contributed by atoms with Gasteiger partial charge in [-0.3, -0.25) is 0 Å². The van der Waals surface area contributed by atoms with Crippen molar-refractivity contribution in [2.75, 3.05) is 13.7 Å². The van der Waals surface area contributed by atoms with E-state index >= 15 is 0 Å². The molecule has 4 nitrogen and oxygen atoms in total. The third-order valence-electron chi connectivity index (χ3n) is 2.79. The number of fused-ring (bicyclic) bond motifs is 1. The molecule has 15 heavy (non-hydrogen) atoms. The van der Waals surface area contributed by atoms with Gasteiger partial charge < -0.3 is 4.74 Å². The summed E-state index contributed by atoms with van der Waals surface area (Å²) in [6.45, 7) is 0.701. The van der Waals surface area contributed by atoms with Crippen LogP contribution < -0.4 is 0 Å². The Kier molecular flexibility index (Phi) is 1.97. The third-order valence-corrected chi connectivity index (χ3v) is 3.48. The Labute approximate surface area is 91.3 Å². The Morgan fingerprint density at radius 2 is 2.47 bits per heavy atom. The first-order chi connectivity index (χ1) is 7.34. The van der Waals surface area contributed by atoms with E-state index < -0.39 is 0 Å². The second-order valence-electron chi connectivity index (χ2n) is 3.90. The molecule has 3 rings (SSSR count). The molecule has 1 fully saturated rings. The van der Waals surface area contributed by atoms with Crippen molar-refractivity contribution < 1.29 is 4.74 Å². The average molecular weight is 220 g/mol. The van der Waals surface area contributed by atoms with Gasteiger partial charge in [-0.2, -0.15) is 0 Å². The molecule has 1 radical (unpaired) electrons. The van der Waals surface area contributed by atoms with Crippen molar-refractivity contribution in [3.8, 4) is 0 Å². The molecular weight excluding hydrogens is 210 g/mol. The van der Waals surface area contributed by atoms with Gasteiger partial charge in [0.15, 0.2) is 11.2 Å². The van der Waals surface area contributed by atoms with Crippen LogP contribution in [0.1, 0.15) is 18.7 Å². The summed E-state index contributed by atoms with van der Waals surface area (Å²) in [5, 5.41) is 0. The summed E-state index contributed by atoms with van der Waals surface area (Å²) in [4.78, 5) is 12.9. The van der Waals surface area contributed by atoms with Crippen molar-refractivity contribution in [3.05, 3.63) is 17.5 Å². The summed E-state index contributed by atoms with van der Waals surface area (Å²) in [6.07, 6.45) is 4.06. The summed E-state index contributed by atoms with van der Waals surface area (Å²) in [7, 11) is 1.72. The van der Waals surface area contributed by atoms with E-state index in [4.69, 9.17) is 4.74 Å². The number of aromatic nitrogens is 3. The van der Waals surface area contributed by atoms with Gasteiger partial charge in [0.05, 0.1) is 22.9 Å². The monoisotopic (exact) mass is 220 g/mol. The minimum Gasteiger partial charge on any atom is -0.384 e. The minimum atomic E-state index is 0.0621. The van der Waals surface area contributed by atoms with Crippen LogP contribution in [-0.4, -0.2) is 28.7 Å². The molecule has 0 spiro atoms.